The minimum atomic E-state index is -0.979. The van der Waals surface area contributed by atoms with E-state index in [1.807, 2.05) is 68.6 Å². The Balaban J connectivity index is 1.37. The zero-order valence-corrected chi connectivity index (χ0v) is 24.6. The molecule has 0 spiro atoms. The van der Waals surface area contributed by atoms with Gasteiger partial charge in [-0.05, 0) is 71.1 Å². The van der Waals surface area contributed by atoms with Gasteiger partial charge in [0.15, 0.2) is 0 Å². The summed E-state index contributed by atoms with van der Waals surface area (Å²) in [6.45, 7) is 1.90. The molecule has 0 unspecified atom stereocenters. The van der Waals surface area contributed by atoms with E-state index in [0.29, 0.717) is 5.56 Å². The summed E-state index contributed by atoms with van der Waals surface area (Å²) in [7, 11) is 2.01. The molecule has 6 rings (SSSR count). The second kappa shape index (κ2) is 12.0. The Morgan fingerprint density at radius 1 is 0.744 bits per heavy atom. The second-order valence-corrected chi connectivity index (χ2v) is 11.6. The third-order valence-electron chi connectivity index (χ3n) is 7.60. The molecule has 0 saturated heterocycles. The molecule has 1 atom stereocenters. The zero-order valence-electron chi connectivity index (χ0n) is 23.8. The Bertz CT molecular complexity index is 1910. The van der Waals surface area contributed by atoms with E-state index in [2.05, 4.69) is 58.5 Å². The molecule has 6 heteroatoms. The number of carboxylic acid groups (broad SMARTS) is 1. The highest BCUT2D eigenvalue weighted by atomic mass is 32.2. The van der Waals surface area contributed by atoms with Crippen molar-refractivity contribution in [3.05, 3.63) is 144 Å². The van der Waals surface area contributed by atoms with Gasteiger partial charge in [0.25, 0.3) is 5.91 Å². The molecule has 1 aromatic heterocycles. The molecule has 0 aliphatic carbocycles. The first-order valence-corrected chi connectivity index (χ1v) is 14.8. The van der Waals surface area contributed by atoms with Gasteiger partial charge in [-0.15, -0.1) is 0 Å². The maximum absolute atomic E-state index is 14.0. The molecule has 1 heterocycles. The minimum absolute atomic E-state index is 0.190. The minimum Gasteiger partial charge on any atom is -0.478 e. The van der Waals surface area contributed by atoms with Crippen LogP contribution in [0, 0.1) is 0 Å². The van der Waals surface area contributed by atoms with E-state index in [1.54, 1.807) is 36.0 Å². The Morgan fingerprint density at radius 3 is 1.93 bits per heavy atom. The molecule has 2 N–H and O–H groups in total. The number of hydrogen-bond acceptors (Lipinski definition) is 3. The number of amides is 1. The maximum atomic E-state index is 14.0. The Hall–Kier alpha value is -5.07. The highest BCUT2D eigenvalue weighted by Gasteiger charge is 2.21. The van der Waals surface area contributed by atoms with Gasteiger partial charge in [0.2, 0.25) is 0 Å². The summed E-state index contributed by atoms with van der Waals surface area (Å²) in [5.41, 5.74) is 6.91. The van der Waals surface area contributed by atoms with Crippen molar-refractivity contribution in [2.45, 2.75) is 22.8 Å². The number of aryl methyl sites for hydroxylation is 1. The lowest BCUT2D eigenvalue weighted by atomic mass is 9.99. The first-order chi connectivity index (χ1) is 20.9. The van der Waals surface area contributed by atoms with Gasteiger partial charge in [-0.1, -0.05) is 96.7 Å². The smallest absolute Gasteiger partial charge is 0.335 e. The van der Waals surface area contributed by atoms with Crippen LogP contribution in [0.4, 0.5) is 0 Å². The number of benzene rings is 5. The number of aromatic nitrogens is 1. The SMILES string of the molecule is C[C@H](NC(=O)c1cc(-c2ccccc2)cc2c1c(Sc1ccc(-c3ccccc3)cc1)cn2C)c1ccc(C(=O)O)cc1. The first-order valence-electron chi connectivity index (χ1n) is 14.0. The van der Waals surface area contributed by atoms with Crippen molar-refractivity contribution in [2.75, 3.05) is 0 Å². The lowest BCUT2D eigenvalue weighted by Gasteiger charge is -2.17. The van der Waals surface area contributed by atoms with Gasteiger partial charge in [0, 0.05) is 28.4 Å². The van der Waals surface area contributed by atoms with Gasteiger partial charge in [-0.2, -0.15) is 0 Å². The average Bonchev–Trinajstić information content (AvgIpc) is 3.36. The van der Waals surface area contributed by atoms with Gasteiger partial charge in [0.05, 0.1) is 22.7 Å². The number of nitrogens with zero attached hydrogens (tertiary/aromatic N) is 1. The lowest BCUT2D eigenvalue weighted by molar-refractivity contribution is 0.0696. The van der Waals surface area contributed by atoms with E-state index in [-0.39, 0.29) is 17.5 Å². The predicted molar refractivity (Wildman–Crippen MR) is 174 cm³/mol. The maximum Gasteiger partial charge on any atom is 0.335 e. The normalized spacial score (nSPS) is 11.8. The first kappa shape index (κ1) is 28.1. The third-order valence-corrected chi connectivity index (χ3v) is 8.64. The third kappa shape index (κ3) is 5.96. The molecule has 5 aromatic carbocycles. The van der Waals surface area contributed by atoms with Crippen LogP contribution in [0.15, 0.2) is 137 Å². The summed E-state index contributed by atoms with van der Waals surface area (Å²) in [5.74, 6) is -1.17. The van der Waals surface area contributed by atoms with E-state index in [0.717, 1.165) is 42.9 Å². The van der Waals surface area contributed by atoms with Gasteiger partial charge in [-0.3, -0.25) is 4.79 Å². The van der Waals surface area contributed by atoms with E-state index in [4.69, 9.17) is 0 Å². The van der Waals surface area contributed by atoms with Crippen LogP contribution in [0.3, 0.4) is 0 Å². The van der Waals surface area contributed by atoms with Crippen LogP contribution in [0.1, 0.15) is 39.2 Å². The molecule has 5 nitrogen and oxygen atoms in total. The molecular weight excluding hydrogens is 552 g/mol. The van der Waals surface area contributed by atoms with Crippen LogP contribution >= 0.6 is 11.8 Å². The average molecular weight is 583 g/mol. The molecule has 0 bridgehead atoms. The number of carbonyl (C=O) groups is 2. The Labute approximate surface area is 254 Å². The van der Waals surface area contributed by atoms with Crippen molar-refractivity contribution in [2.24, 2.45) is 7.05 Å². The summed E-state index contributed by atoms with van der Waals surface area (Å²) in [6, 6.07) is 39.2. The summed E-state index contributed by atoms with van der Waals surface area (Å²) in [6.07, 6.45) is 2.08. The predicted octanol–water partition coefficient (Wildman–Crippen LogP) is 8.85. The fraction of sp³-hybridized carbons (Fsp3) is 0.0811. The van der Waals surface area contributed by atoms with Gasteiger partial charge in [0.1, 0.15) is 0 Å². The van der Waals surface area contributed by atoms with Crippen LogP contribution in [-0.2, 0) is 7.05 Å². The van der Waals surface area contributed by atoms with Crippen LogP contribution < -0.4 is 5.32 Å². The van der Waals surface area contributed by atoms with Crippen LogP contribution in [0.25, 0.3) is 33.2 Å². The largest absolute Gasteiger partial charge is 0.478 e. The molecule has 0 aliphatic heterocycles. The topological polar surface area (TPSA) is 71.3 Å². The van der Waals surface area contributed by atoms with Crippen LogP contribution in [-0.4, -0.2) is 21.6 Å². The lowest BCUT2D eigenvalue weighted by Crippen LogP contribution is -2.27. The molecule has 0 saturated carbocycles. The van der Waals surface area contributed by atoms with Gasteiger partial charge >= 0.3 is 5.97 Å². The van der Waals surface area contributed by atoms with Crippen molar-refractivity contribution < 1.29 is 14.7 Å². The number of fused-ring (bicyclic) bond motifs is 1. The van der Waals surface area contributed by atoms with E-state index in [9.17, 15) is 14.7 Å². The highest BCUT2D eigenvalue weighted by molar-refractivity contribution is 7.99. The number of hydrogen-bond donors (Lipinski definition) is 2. The number of nitrogens with one attached hydrogen (secondary N) is 1. The molecule has 6 aromatic rings. The number of aromatic carboxylic acids is 1. The van der Waals surface area contributed by atoms with Crippen molar-refractivity contribution in [1.82, 2.24) is 9.88 Å². The Morgan fingerprint density at radius 2 is 1.33 bits per heavy atom. The number of carbonyl (C=O) groups excluding carboxylic acids is 1. The molecule has 43 heavy (non-hydrogen) atoms. The zero-order chi connectivity index (χ0) is 29.9. The summed E-state index contributed by atoms with van der Waals surface area (Å²) >= 11 is 1.64. The molecule has 212 valence electrons. The van der Waals surface area contributed by atoms with Gasteiger partial charge in [-0.25, -0.2) is 4.79 Å². The number of rotatable bonds is 8. The highest BCUT2D eigenvalue weighted by Crippen LogP contribution is 2.39. The second-order valence-electron chi connectivity index (χ2n) is 10.5. The summed E-state index contributed by atoms with van der Waals surface area (Å²) in [4.78, 5) is 27.4. The fourth-order valence-electron chi connectivity index (χ4n) is 5.27. The van der Waals surface area contributed by atoms with Crippen molar-refractivity contribution in [1.29, 1.82) is 0 Å². The number of carboxylic acids is 1. The van der Waals surface area contributed by atoms with Crippen LogP contribution in [0.2, 0.25) is 0 Å². The summed E-state index contributed by atoms with van der Waals surface area (Å²) < 4.78 is 2.08. The Kier molecular flexibility index (Phi) is 7.86. The van der Waals surface area contributed by atoms with E-state index >= 15 is 0 Å². The van der Waals surface area contributed by atoms with Crippen LogP contribution in [0.5, 0.6) is 0 Å². The summed E-state index contributed by atoms with van der Waals surface area (Å²) in [5, 5.41) is 13.3. The van der Waals surface area contributed by atoms with E-state index < -0.39 is 5.97 Å². The van der Waals surface area contributed by atoms with Crippen molar-refractivity contribution in [3.63, 3.8) is 0 Å². The standard InChI is InChI=1S/C37H30N2O3S/c1-24(25-13-15-29(16-14-25)37(41)42)38-36(40)32-21-30(27-11-7-4-8-12-27)22-33-35(32)34(23-39(33)2)43-31-19-17-28(18-20-31)26-9-5-3-6-10-26/h3-24H,1-2H3,(H,38,40)(H,41,42)/t24-/m0/s1. The van der Waals surface area contributed by atoms with Crippen molar-refractivity contribution in [3.8, 4) is 22.3 Å². The quantitative estimate of drug-likeness (QED) is 0.188. The van der Waals surface area contributed by atoms with Gasteiger partial charge < -0.3 is 15.0 Å². The molecule has 0 radical (unpaired) electrons. The van der Waals surface area contributed by atoms with Crippen molar-refractivity contribution >= 4 is 34.5 Å². The monoisotopic (exact) mass is 582 g/mol. The molecule has 0 fully saturated rings. The fourth-order valence-corrected chi connectivity index (χ4v) is 6.33. The van der Waals surface area contributed by atoms with E-state index in [1.165, 1.54) is 5.56 Å². The molecule has 0 aliphatic rings. The molecule has 1 amide bonds. The molecular formula is C37H30N2O3S.